The highest BCUT2D eigenvalue weighted by Crippen LogP contribution is 2.36. The lowest BCUT2D eigenvalue weighted by Gasteiger charge is -2.19. The summed E-state index contributed by atoms with van der Waals surface area (Å²) in [6.45, 7) is 8.75. The van der Waals surface area contributed by atoms with Crippen molar-refractivity contribution in [3.63, 3.8) is 0 Å². The van der Waals surface area contributed by atoms with Crippen molar-refractivity contribution < 1.29 is 14.2 Å². The lowest BCUT2D eigenvalue weighted by Crippen LogP contribution is -2.32. The van der Waals surface area contributed by atoms with E-state index in [0.29, 0.717) is 18.4 Å². The largest absolute Gasteiger partial charge is 0.373 e. The topological polar surface area (TPSA) is 27.7 Å². The normalized spacial score (nSPS) is 42.0. The van der Waals surface area contributed by atoms with Crippen molar-refractivity contribution in [1.82, 2.24) is 0 Å². The first-order chi connectivity index (χ1) is 6.74. The second kappa shape index (κ2) is 4.17. The molecule has 14 heavy (non-hydrogen) atoms. The Bertz CT molecular complexity index is 193. The monoisotopic (exact) mass is 200 g/mol. The summed E-state index contributed by atoms with van der Waals surface area (Å²) in [5.74, 6) is 1.18. The summed E-state index contributed by atoms with van der Waals surface area (Å²) in [6.07, 6.45) is 0.614. The predicted molar refractivity (Wildman–Crippen MR) is 53.2 cm³/mol. The minimum Gasteiger partial charge on any atom is -0.373 e. The van der Waals surface area contributed by atoms with Crippen molar-refractivity contribution >= 4 is 0 Å². The molecule has 0 unspecified atom stereocenters. The van der Waals surface area contributed by atoms with Crippen LogP contribution in [0.3, 0.4) is 0 Å². The second-order valence-corrected chi connectivity index (χ2v) is 4.50. The molecule has 2 saturated heterocycles. The van der Waals surface area contributed by atoms with Crippen LogP contribution in [-0.2, 0) is 14.2 Å². The quantitative estimate of drug-likeness (QED) is 0.690. The van der Waals surface area contributed by atoms with E-state index in [1.165, 1.54) is 0 Å². The van der Waals surface area contributed by atoms with Gasteiger partial charge >= 0.3 is 0 Å². The van der Waals surface area contributed by atoms with Gasteiger partial charge in [0.2, 0.25) is 0 Å². The summed E-state index contributed by atoms with van der Waals surface area (Å²) in [7, 11) is 0. The molecule has 2 aliphatic rings. The number of ether oxygens (including phenoxy) is 3. The van der Waals surface area contributed by atoms with Crippen molar-refractivity contribution in [2.45, 2.75) is 39.1 Å². The second-order valence-electron chi connectivity index (χ2n) is 4.50. The Labute approximate surface area is 85.7 Å². The highest BCUT2D eigenvalue weighted by atomic mass is 16.6. The van der Waals surface area contributed by atoms with E-state index in [0.717, 1.165) is 13.2 Å². The Hall–Kier alpha value is -0.120. The summed E-state index contributed by atoms with van der Waals surface area (Å²) in [4.78, 5) is 0. The summed E-state index contributed by atoms with van der Waals surface area (Å²) in [5.41, 5.74) is 0. The zero-order valence-corrected chi connectivity index (χ0v) is 9.23. The molecular weight excluding hydrogens is 180 g/mol. The van der Waals surface area contributed by atoms with E-state index in [-0.39, 0.29) is 18.3 Å². The van der Waals surface area contributed by atoms with Crippen LogP contribution in [-0.4, -0.2) is 38.1 Å². The molecule has 0 saturated carbocycles. The molecule has 0 radical (unpaired) electrons. The Balaban J connectivity index is 1.97. The SMILES string of the molecule is CCO[C@H]1CO[C@@H]2[C@H]1OC[C@@H]2C(C)C. The Morgan fingerprint density at radius 1 is 1.21 bits per heavy atom. The van der Waals surface area contributed by atoms with Crippen LogP contribution in [0.2, 0.25) is 0 Å². The van der Waals surface area contributed by atoms with Crippen molar-refractivity contribution in [3.05, 3.63) is 0 Å². The van der Waals surface area contributed by atoms with Crippen LogP contribution in [0.5, 0.6) is 0 Å². The van der Waals surface area contributed by atoms with E-state index in [2.05, 4.69) is 13.8 Å². The summed E-state index contributed by atoms with van der Waals surface area (Å²) in [5, 5.41) is 0. The van der Waals surface area contributed by atoms with E-state index in [4.69, 9.17) is 14.2 Å². The van der Waals surface area contributed by atoms with Gasteiger partial charge < -0.3 is 14.2 Å². The highest BCUT2D eigenvalue weighted by molar-refractivity contribution is 4.95. The molecule has 3 nitrogen and oxygen atoms in total. The van der Waals surface area contributed by atoms with E-state index in [9.17, 15) is 0 Å². The zero-order chi connectivity index (χ0) is 10.1. The molecule has 0 aromatic rings. The molecule has 2 rings (SSSR count). The molecule has 0 N–H and O–H groups in total. The number of hydrogen-bond acceptors (Lipinski definition) is 3. The first kappa shape index (κ1) is 10.4. The molecule has 0 aromatic carbocycles. The summed E-state index contributed by atoms with van der Waals surface area (Å²) >= 11 is 0. The van der Waals surface area contributed by atoms with Crippen LogP contribution in [0.4, 0.5) is 0 Å². The van der Waals surface area contributed by atoms with Gasteiger partial charge in [-0.2, -0.15) is 0 Å². The van der Waals surface area contributed by atoms with Crippen LogP contribution < -0.4 is 0 Å². The molecular formula is C11H20O3. The third kappa shape index (κ3) is 1.69. The maximum Gasteiger partial charge on any atom is 0.112 e. The van der Waals surface area contributed by atoms with Crippen molar-refractivity contribution in [2.24, 2.45) is 11.8 Å². The molecule has 2 aliphatic heterocycles. The van der Waals surface area contributed by atoms with Crippen LogP contribution in [0.15, 0.2) is 0 Å². The van der Waals surface area contributed by atoms with E-state index < -0.39 is 0 Å². The van der Waals surface area contributed by atoms with Gasteiger partial charge in [-0.25, -0.2) is 0 Å². The van der Waals surface area contributed by atoms with Gasteiger partial charge in [0.1, 0.15) is 12.2 Å². The molecule has 82 valence electrons. The van der Waals surface area contributed by atoms with Gasteiger partial charge in [-0.05, 0) is 12.8 Å². The zero-order valence-electron chi connectivity index (χ0n) is 9.23. The average Bonchev–Trinajstić information content (AvgIpc) is 2.67. The predicted octanol–water partition coefficient (Wildman–Crippen LogP) is 1.46. The van der Waals surface area contributed by atoms with Crippen molar-refractivity contribution in [1.29, 1.82) is 0 Å². The van der Waals surface area contributed by atoms with Gasteiger partial charge in [-0.3, -0.25) is 0 Å². The Kier molecular flexibility index (Phi) is 3.10. The lowest BCUT2D eigenvalue weighted by molar-refractivity contribution is -0.0287. The smallest absolute Gasteiger partial charge is 0.112 e. The molecule has 2 fully saturated rings. The maximum absolute atomic E-state index is 5.77. The van der Waals surface area contributed by atoms with Crippen molar-refractivity contribution in [2.75, 3.05) is 19.8 Å². The molecule has 0 spiro atoms. The molecule has 0 aliphatic carbocycles. The van der Waals surface area contributed by atoms with E-state index in [1.54, 1.807) is 0 Å². The van der Waals surface area contributed by atoms with Crippen LogP contribution in [0, 0.1) is 11.8 Å². The first-order valence-electron chi connectivity index (χ1n) is 5.58. The lowest BCUT2D eigenvalue weighted by atomic mass is 9.90. The summed E-state index contributed by atoms with van der Waals surface area (Å²) < 4.78 is 17.1. The maximum atomic E-state index is 5.77. The molecule has 2 heterocycles. The fourth-order valence-electron chi connectivity index (χ4n) is 2.42. The molecule has 0 amide bonds. The van der Waals surface area contributed by atoms with Gasteiger partial charge in [-0.1, -0.05) is 13.8 Å². The number of fused-ring (bicyclic) bond motifs is 1. The molecule has 0 bridgehead atoms. The summed E-state index contributed by atoms with van der Waals surface area (Å²) in [6, 6.07) is 0. The van der Waals surface area contributed by atoms with Crippen LogP contribution in [0.25, 0.3) is 0 Å². The van der Waals surface area contributed by atoms with Gasteiger partial charge in [0.15, 0.2) is 0 Å². The van der Waals surface area contributed by atoms with E-state index in [1.807, 2.05) is 6.92 Å². The van der Waals surface area contributed by atoms with Crippen LogP contribution >= 0.6 is 0 Å². The third-order valence-corrected chi connectivity index (χ3v) is 3.28. The minimum absolute atomic E-state index is 0.161. The number of hydrogen-bond donors (Lipinski definition) is 0. The highest BCUT2D eigenvalue weighted by Gasteiger charge is 2.48. The molecule has 0 aromatic heterocycles. The average molecular weight is 200 g/mol. The number of rotatable bonds is 3. The fraction of sp³-hybridized carbons (Fsp3) is 1.00. The third-order valence-electron chi connectivity index (χ3n) is 3.28. The fourth-order valence-corrected chi connectivity index (χ4v) is 2.42. The molecule has 4 atom stereocenters. The standard InChI is InChI=1S/C11H20O3/c1-4-12-9-6-14-10-8(7(2)3)5-13-11(9)10/h7-11H,4-6H2,1-3H3/t8-,9+,10+,11+/m1/s1. The van der Waals surface area contributed by atoms with Gasteiger partial charge in [0.05, 0.1) is 19.3 Å². The Morgan fingerprint density at radius 3 is 2.57 bits per heavy atom. The minimum atomic E-state index is 0.161. The van der Waals surface area contributed by atoms with Crippen molar-refractivity contribution in [3.8, 4) is 0 Å². The van der Waals surface area contributed by atoms with Gasteiger partial charge in [-0.15, -0.1) is 0 Å². The Morgan fingerprint density at radius 2 is 1.93 bits per heavy atom. The van der Waals surface area contributed by atoms with Gasteiger partial charge in [0.25, 0.3) is 0 Å². The first-order valence-corrected chi connectivity index (χ1v) is 5.58. The van der Waals surface area contributed by atoms with Gasteiger partial charge in [0, 0.05) is 12.5 Å². The molecule has 3 heteroatoms. The van der Waals surface area contributed by atoms with E-state index >= 15 is 0 Å². The van der Waals surface area contributed by atoms with Crippen LogP contribution in [0.1, 0.15) is 20.8 Å².